The van der Waals surface area contributed by atoms with Crippen molar-refractivity contribution in [2.45, 2.75) is 19.9 Å². The van der Waals surface area contributed by atoms with Gasteiger partial charge in [-0.1, -0.05) is 40.9 Å². The van der Waals surface area contributed by atoms with Gasteiger partial charge in [-0.25, -0.2) is 5.43 Å². The second kappa shape index (κ2) is 5.52. The maximum Gasteiger partial charge on any atom is 0.0672 e. The molecule has 1 aromatic carbocycles. The van der Waals surface area contributed by atoms with Crippen LogP contribution in [0.5, 0.6) is 0 Å². The van der Waals surface area contributed by atoms with E-state index in [1.54, 1.807) is 12.1 Å². The van der Waals surface area contributed by atoms with Crippen LogP contribution in [0.2, 0.25) is 10.0 Å². The van der Waals surface area contributed by atoms with Crippen molar-refractivity contribution in [2.75, 3.05) is 0 Å². The molecule has 0 bridgehead atoms. The van der Waals surface area contributed by atoms with Crippen molar-refractivity contribution in [3.8, 4) is 0 Å². The fraction of sp³-hybridized carbons (Fsp3) is 0.273. The summed E-state index contributed by atoms with van der Waals surface area (Å²) in [6.45, 7) is 3.99. The standard InChI is InChI=1S/C11H14Cl2N2/c1-7(2)6-10(15-14)11-8(12)4-3-5-9(11)13/h3-6,10,15H,14H2,1-2H3. The van der Waals surface area contributed by atoms with Crippen molar-refractivity contribution in [2.24, 2.45) is 5.84 Å². The molecule has 0 aliphatic rings. The van der Waals surface area contributed by atoms with Crippen LogP contribution in [-0.2, 0) is 0 Å². The molecule has 0 amide bonds. The molecule has 0 aliphatic heterocycles. The Labute approximate surface area is 100 Å². The molecule has 0 saturated carbocycles. The van der Waals surface area contributed by atoms with Crippen molar-refractivity contribution in [3.05, 3.63) is 45.5 Å². The number of nitrogens with one attached hydrogen (secondary N) is 1. The van der Waals surface area contributed by atoms with Gasteiger partial charge in [-0.15, -0.1) is 0 Å². The SMILES string of the molecule is CC(C)=CC(NN)c1c(Cl)cccc1Cl. The molecule has 82 valence electrons. The number of benzene rings is 1. The Morgan fingerprint density at radius 3 is 2.27 bits per heavy atom. The normalized spacial score (nSPS) is 12.3. The Kier molecular flexibility index (Phi) is 4.61. The van der Waals surface area contributed by atoms with E-state index in [4.69, 9.17) is 29.0 Å². The average molecular weight is 245 g/mol. The highest BCUT2D eigenvalue weighted by molar-refractivity contribution is 6.36. The summed E-state index contributed by atoms with van der Waals surface area (Å²) in [5.41, 5.74) is 4.64. The summed E-state index contributed by atoms with van der Waals surface area (Å²) in [6, 6.07) is 5.25. The van der Waals surface area contributed by atoms with Crippen LogP contribution in [0.25, 0.3) is 0 Å². The van der Waals surface area contributed by atoms with Gasteiger partial charge < -0.3 is 0 Å². The number of hydrazine groups is 1. The Hall–Kier alpha value is -0.540. The highest BCUT2D eigenvalue weighted by atomic mass is 35.5. The number of nitrogens with two attached hydrogens (primary N) is 1. The van der Waals surface area contributed by atoms with Crippen LogP contribution in [0, 0.1) is 0 Å². The van der Waals surface area contributed by atoms with Gasteiger partial charge in [0, 0.05) is 15.6 Å². The predicted octanol–water partition coefficient (Wildman–Crippen LogP) is 3.46. The van der Waals surface area contributed by atoms with Crippen molar-refractivity contribution < 1.29 is 0 Å². The van der Waals surface area contributed by atoms with Crippen LogP contribution in [0.3, 0.4) is 0 Å². The van der Waals surface area contributed by atoms with E-state index in [-0.39, 0.29) is 6.04 Å². The summed E-state index contributed by atoms with van der Waals surface area (Å²) in [5, 5.41) is 1.23. The lowest BCUT2D eigenvalue weighted by Crippen LogP contribution is -2.27. The maximum atomic E-state index is 6.08. The van der Waals surface area contributed by atoms with E-state index in [2.05, 4.69) is 5.43 Å². The van der Waals surface area contributed by atoms with Gasteiger partial charge in [0.1, 0.15) is 0 Å². The maximum absolute atomic E-state index is 6.08. The second-order valence-electron chi connectivity index (χ2n) is 3.52. The molecule has 0 aromatic heterocycles. The lowest BCUT2D eigenvalue weighted by molar-refractivity contribution is 0.652. The Bertz CT molecular complexity index is 351. The molecule has 1 atom stereocenters. The minimum Gasteiger partial charge on any atom is -0.271 e. The molecule has 4 heteroatoms. The number of rotatable bonds is 3. The molecule has 0 aliphatic carbocycles. The number of allylic oxidation sites excluding steroid dienone is 1. The Morgan fingerprint density at radius 1 is 1.33 bits per heavy atom. The summed E-state index contributed by atoms with van der Waals surface area (Å²) in [6.07, 6.45) is 1.98. The first-order valence-electron chi connectivity index (χ1n) is 4.61. The predicted molar refractivity (Wildman–Crippen MR) is 66.0 cm³/mol. The molecule has 1 unspecified atom stereocenters. The molecule has 1 rings (SSSR count). The third kappa shape index (κ3) is 3.21. The third-order valence-electron chi connectivity index (χ3n) is 1.99. The largest absolute Gasteiger partial charge is 0.271 e. The molecule has 0 spiro atoms. The van der Waals surface area contributed by atoms with Crippen LogP contribution in [-0.4, -0.2) is 0 Å². The lowest BCUT2D eigenvalue weighted by atomic mass is 10.1. The number of hydrogen-bond donors (Lipinski definition) is 2. The summed E-state index contributed by atoms with van der Waals surface area (Å²) >= 11 is 12.2. The molecular formula is C11H14Cl2N2. The average Bonchev–Trinajstić information content (AvgIpc) is 2.15. The quantitative estimate of drug-likeness (QED) is 0.486. The van der Waals surface area contributed by atoms with E-state index in [1.807, 2.05) is 26.0 Å². The van der Waals surface area contributed by atoms with Gasteiger partial charge in [-0.2, -0.15) is 0 Å². The number of hydrogen-bond acceptors (Lipinski definition) is 2. The zero-order valence-electron chi connectivity index (χ0n) is 8.72. The first-order chi connectivity index (χ1) is 7.06. The Morgan fingerprint density at radius 2 is 1.87 bits per heavy atom. The van der Waals surface area contributed by atoms with Crippen molar-refractivity contribution >= 4 is 23.2 Å². The minimum absolute atomic E-state index is 0.156. The summed E-state index contributed by atoms with van der Waals surface area (Å²) < 4.78 is 0. The first kappa shape index (κ1) is 12.5. The minimum atomic E-state index is -0.156. The molecule has 3 N–H and O–H groups in total. The van der Waals surface area contributed by atoms with Gasteiger partial charge in [-0.3, -0.25) is 5.84 Å². The topological polar surface area (TPSA) is 38.0 Å². The third-order valence-corrected chi connectivity index (χ3v) is 2.65. The highest BCUT2D eigenvalue weighted by Crippen LogP contribution is 2.30. The molecule has 2 nitrogen and oxygen atoms in total. The molecule has 15 heavy (non-hydrogen) atoms. The van der Waals surface area contributed by atoms with E-state index >= 15 is 0 Å². The van der Waals surface area contributed by atoms with Crippen molar-refractivity contribution in [1.82, 2.24) is 5.43 Å². The van der Waals surface area contributed by atoms with Gasteiger partial charge in [0.05, 0.1) is 6.04 Å². The zero-order valence-corrected chi connectivity index (χ0v) is 10.2. The molecule has 0 fully saturated rings. The second-order valence-corrected chi connectivity index (χ2v) is 4.34. The van der Waals surface area contributed by atoms with Crippen LogP contribution in [0.4, 0.5) is 0 Å². The molecule has 1 aromatic rings. The van der Waals surface area contributed by atoms with Crippen LogP contribution in [0.15, 0.2) is 29.8 Å². The van der Waals surface area contributed by atoms with Gasteiger partial charge >= 0.3 is 0 Å². The van der Waals surface area contributed by atoms with E-state index in [1.165, 1.54) is 0 Å². The first-order valence-corrected chi connectivity index (χ1v) is 5.37. The molecule has 0 heterocycles. The van der Waals surface area contributed by atoms with E-state index in [0.717, 1.165) is 11.1 Å². The van der Waals surface area contributed by atoms with E-state index < -0.39 is 0 Å². The van der Waals surface area contributed by atoms with Crippen LogP contribution in [0.1, 0.15) is 25.5 Å². The van der Waals surface area contributed by atoms with Gasteiger partial charge in [-0.05, 0) is 26.0 Å². The zero-order chi connectivity index (χ0) is 11.4. The molecule has 0 saturated heterocycles. The van der Waals surface area contributed by atoms with Gasteiger partial charge in [0.25, 0.3) is 0 Å². The van der Waals surface area contributed by atoms with E-state index in [0.29, 0.717) is 10.0 Å². The smallest absolute Gasteiger partial charge is 0.0672 e. The lowest BCUT2D eigenvalue weighted by Gasteiger charge is -2.16. The monoisotopic (exact) mass is 244 g/mol. The summed E-state index contributed by atoms with van der Waals surface area (Å²) in [7, 11) is 0. The Balaban J connectivity index is 3.17. The molecular weight excluding hydrogens is 231 g/mol. The highest BCUT2D eigenvalue weighted by Gasteiger charge is 2.14. The van der Waals surface area contributed by atoms with Crippen LogP contribution >= 0.6 is 23.2 Å². The molecule has 0 radical (unpaired) electrons. The van der Waals surface area contributed by atoms with E-state index in [9.17, 15) is 0 Å². The summed E-state index contributed by atoms with van der Waals surface area (Å²) in [5.74, 6) is 5.48. The van der Waals surface area contributed by atoms with Gasteiger partial charge in [0.2, 0.25) is 0 Å². The van der Waals surface area contributed by atoms with Crippen molar-refractivity contribution in [3.63, 3.8) is 0 Å². The van der Waals surface area contributed by atoms with Crippen LogP contribution < -0.4 is 11.3 Å². The van der Waals surface area contributed by atoms with Crippen molar-refractivity contribution in [1.29, 1.82) is 0 Å². The summed E-state index contributed by atoms with van der Waals surface area (Å²) in [4.78, 5) is 0. The fourth-order valence-electron chi connectivity index (χ4n) is 1.36. The fourth-order valence-corrected chi connectivity index (χ4v) is 1.99. The number of halogens is 2. The van der Waals surface area contributed by atoms with Gasteiger partial charge in [0.15, 0.2) is 0 Å².